The number of rotatable bonds is 5. The molecular weight excluding hydrogens is 278 g/mol. The molecule has 0 radical (unpaired) electrons. The predicted octanol–water partition coefficient (Wildman–Crippen LogP) is 3.65. The van der Waals surface area contributed by atoms with Crippen LogP contribution < -0.4 is 5.32 Å². The fraction of sp³-hybridized carbons (Fsp3) is 0.200. The van der Waals surface area contributed by atoms with Crippen LogP contribution in [0.25, 0.3) is 0 Å². The van der Waals surface area contributed by atoms with Gasteiger partial charge < -0.3 is 10.4 Å². The number of halogens is 1. The van der Waals surface area contributed by atoms with Crippen LogP contribution in [0.3, 0.4) is 0 Å². The molecule has 0 saturated heterocycles. The first-order valence-electron chi connectivity index (χ1n) is 6.13. The Balaban J connectivity index is 3.00. The van der Waals surface area contributed by atoms with Crippen molar-refractivity contribution in [2.75, 3.05) is 5.32 Å². The van der Waals surface area contributed by atoms with E-state index in [1.807, 2.05) is 6.92 Å². The van der Waals surface area contributed by atoms with E-state index in [9.17, 15) is 9.59 Å². The molecule has 0 spiro atoms. The Kier molecular flexibility index (Phi) is 6.00. The Morgan fingerprint density at radius 1 is 1.30 bits per heavy atom. The van der Waals surface area contributed by atoms with Crippen LogP contribution >= 0.6 is 11.6 Å². The molecular formula is C15H16ClNO3. The Labute approximate surface area is 122 Å². The summed E-state index contributed by atoms with van der Waals surface area (Å²) in [6, 6.07) is 6.59. The number of hydrogen-bond donors (Lipinski definition) is 2. The van der Waals surface area contributed by atoms with Gasteiger partial charge in [0.25, 0.3) is 5.91 Å². The maximum Gasteiger partial charge on any atom is 0.332 e. The van der Waals surface area contributed by atoms with Gasteiger partial charge in [-0.1, -0.05) is 30.7 Å². The van der Waals surface area contributed by atoms with E-state index in [1.165, 1.54) is 13.0 Å². The first-order valence-corrected chi connectivity index (χ1v) is 6.51. The van der Waals surface area contributed by atoms with Crippen molar-refractivity contribution < 1.29 is 14.7 Å². The Morgan fingerprint density at radius 3 is 2.40 bits per heavy atom. The Morgan fingerprint density at radius 2 is 1.90 bits per heavy atom. The quantitative estimate of drug-likeness (QED) is 0.643. The molecule has 1 rings (SSSR count). The molecule has 106 valence electrons. The number of carbonyl (C=O) groups is 2. The second kappa shape index (κ2) is 7.50. The molecule has 4 nitrogen and oxygen atoms in total. The van der Waals surface area contributed by atoms with E-state index in [0.717, 1.165) is 0 Å². The second-order valence-corrected chi connectivity index (χ2v) is 4.55. The molecule has 0 aliphatic rings. The summed E-state index contributed by atoms with van der Waals surface area (Å²) >= 11 is 5.76. The zero-order valence-electron chi connectivity index (χ0n) is 11.3. The molecule has 5 heteroatoms. The average molecular weight is 294 g/mol. The number of benzene rings is 1. The zero-order chi connectivity index (χ0) is 15.1. The summed E-state index contributed by atoms with van der Waals surface area (Å²) in [4.78, 5) is 23.1. The van der Waals surface area contributed by atoms with Gasteiger partial charge in [0.15, 0.2) is 0 Å². The van der Waals surface area contributed by atoms with Crippen LogP contribution in [-0.2, 0) is 9.59 Å². The normalized spacial score (nSPS) is 12.2. The lowest BCUT2D eigenvalue weighted by Crippen LogP contribution is -2.16. The van der Waals surface area contributed by atoms with Crippen LogP contribution in [0.15, 0.2) is 47.6 Å². The third kappa shape index (κ3) is 4.55. The number of carbonyl (C=O) groups excluding carboxylic acids is 1. The maximum atomic E-state index is 12.1. The van der Waals surface area contributed by atoms with Gasteiger partial charge in [0.05, 0.1) is 0 Å². The first-order chi connectivity index (χ1) is 9.45. The minimum absolute atomic E-state index is 0.00108. The molecule has 0 aromatic heterocycles. The van der Waals surface area contributed by atoms with Gasteiger partial charge in [-0.25, -0.2) is 4.79 Å². The molecule has 1 aromatic rings. The largest absolute Gasteiger partial charge is 0.478 e. The van der Waals surface area contributed by atoms with Crippen molar-refractivity contribution >= 4 is 29.2 Å². The highest BCUT2D eigenvalue weighted by Crippen LogP contribution is 2.16. The number of carboxylic acid groups (broad SMARTS) is 1. The SMILES string of the molecule is CCC=CC(C(=O)Nc1ccc(Cl)cc1)=C(C)C(=O)O. The van der Waals surface area contributed by atoms with Gasteiger partial charge in [-0.3, -0.25) is 4.79 Å². The fourth-order valence-corrected chi connectivity index (χ4v) is 1.58. The summed E-state index contributed by atoms with van der Waals surface area (Å²) in [5, 5.41) is 12.2. The number of allylic oxidation sites excluding steroid dienone is 1. The lowest BCUT2D eigenvalue weighted by molar-refractivity contribution is -0.132. The van der Waals surface area contributed by atoms with Crippen LogP contribution in [0.2, 0.25) is 5.02 Å². The van der Waals surface area contributed by atoms with Gasteiger partial charge in [-0.2, -0.15) is 0 Å². The van der Waals surface area contributed by atoms with E-state index in [4.69, 9.17) is 16.7 Å². The van der Waals surface area contributed by atoms with Crippen molar-refractivity contribution in [3.8, 4) is 0 Å². The van der Waals surface area contributed by atoms with E-state index in [-0.39, 0.29) is 11.1 Å². The number of hydrogen-bond acceptors (Lipinski definition) is 2. The molecule has 0 atom stereocenters. The van der Waals surface area contributed by atoms with Gasteiger partial charge in [0.1, 0.15) is 0 Å². The van der Waals surface area contributed by atoms with Crippen molar-refractivity contribution in [3.05, 3.63) is 52.6 Å². The van der Waals surface area contributed by atoms with Crippen LogP contribution in [0.5, 0.6) is 0 Å². The average Bonchev–Trinajstić information content (AvgIpc) is 2.41. The molecule has 0 unspecified atom stereocenters. The van der Waals surface area contributed by atoms with Gasteiger partial charge in [-0.05, 0) is 37.6 Å². The third-order valence-electron chi connectivity index (χ3n) is 2.59. The van der Waals surface area contributed by atoms with Gasteiger partial charge >= 0.3 is 5.97 Å². The molecule has 1 aromatic carbocycles. The summed E-state index contributed by atoms with van der Waals surface area (Å²) < 4.78 is 0. The Hall–Kier alpha value is -2.07. The van der Waals surface area contributed by atoms with Gasteiger partial charge in [0, 0.05) is 21.9 Å². The third-order valence-corrected chi connectivity index (χ3v) is 2.84. The zero-order valence-corrected chi connectivity index (χ0v) is 12.1. The van der Waals surface area contributed by atoms with Crippen LogP contribution in [0.1, 0.15) is 20.3 Å². The standard InChI is InChI=1S/C15H16ClNO3/c1-3-4-5-13(10(2)15(19)20)14(18)17-12-8-6-11(16)7-9-12/h4-9H,3H2,1-2H3,(H,17,18)(H,19,20). The van der Waals surface area contributed by atoms with Crippen LogP contribution in [0, 0.1) is 0 Å². The fourth-order valence-electron chi connectivity index (χ4n) is 1.45. The van der Waals surface area contributed by atoms with Crippen molar-refractivity contribution in [3.63, 3.8) is 0 Å². The summed E-state index contributed by atoms with van der Waals surface area (Å²) in [7, 11) is 0. The smallest absolute Gasteiger partial charge is 0.332 e. The van der Waals surface area contributed by atoms with Crippen molar-refractivity contribution in [1.29, 1.82) is 0 Å². The molecule has 0 heterocycles. The number of carboxylic acids is 1. The van der Waals surface area contributed by atoms with Gasteiger partial charge in [0.2, 0.25) is 0 Å². The number of amides is 1. The first kappa shape index (κ1) is 16.0. The summed E-state index contributed by atoms with van der Waals surface area (Å²) in [6.45, 7) is 3.31. The summed E-state index contributed by atoms with van der Waals surface area (Å²) in [6.07, 6.45) is 3.97. The molecule has 0 fully saturated rings. The molecule has 0 saturated carbocycles. The highest BCUT2D eigenvalue weighted by atomic mass is 35.5. The molecule has 20 heavy (non-hydrogen) atoms. The minimum atomic E-state index is -1.12. The molecule has 2 N–H and O–H groups in total. The lowest BCUT2D eigenvalue weighted by Gasteiger charge is -2.08. The van der Waals surface area contributed by atoms with E-state index in [2.05, 4.69) is 5.32 Å². The van der Waals surface area contributed by atoms with E-state index in [1.54, 1.807) is 30.3 Å². The van der Waals surface area contributed by atoms with E-state index in [0.29, 0.717) is 17.1 Å². The van der Waals surface area contributed by atoms with Crippen molar-refractivity contribution in [2.24, 2.45) is 0 Å². The minimum Gasteiger partial charge on any atom is -0.478 e. The second-order valence-electron chi connectivity index (χ2n) is 4.12. The van der Waals surface area contributed by atoms with E-state index < -0.39 is 11.9 Å². The molecule has 1 amide bonds. The number of aliphatic carboxylic acids is 1. The van der Waals surface area contributed by atoms with Gasteiger partial charge in [-0.15, -0.1) is 0 Å². The topological polar surface area (TPSA) is 66.4 Å². The highest BCUT2D eigenvalue weighted by Gasteiger charge is 2.14. The number of nitrogens with one attached hydrogen (secondary N) is 1. The van der Waals surface area contributed by atoms with Crippen molar-refractivity contribution in [2.45, 2.75) is 20.3 Å². The summed E-state index contributed by atoms with van der Waals surface area (Å²) in [5.41, 5.74) is 0.690. The van der Waals surface area contributed by atoms with Crippen LogP contribution in [0.4, 0.5) is 5.69 Å². The number of anilines is 1. The van der Waals surface area contributed by atoms with Crippen molar-refractivity contribution in [1.82, 2.24) is 0 Å². The maximum absolute atomic E-state index is 12.1. The van der Waals surface area contributed by atoms with E-state index >= 15 is 0 Å². The molecule has 0 bridgehead atoms. The monoisotopic (exact) mass is 293 g/mol. The molecule has 0 aliphatic carbocycles. The molecule has 0 aliphatic heterocycles. The van der Waals surface area contributed by atoms with Crippen LogP contribution in [-0.4, -0.2) is 17.0 Å². The summed E-state index contributed by atoms with van der Waals surface area (Å²) in [5.74, 6) is -1.58. The predicted molar refractivity (Wildman–Crippen MR) is 79.8 cm³/mol. The lowest BCUT2D eigenvalue weighted by atomic mass is 10.1. The Bertz CT molecular complexity index is 559. The highest BCUT2D eigenvalue weighted by molar-refractivity contribution is 6.30.